The zero-order valence-electron chi connectivity index (χ0n) is 10.8. The molecule has 0 radical (unpaired) electrons. The van der Waals surface area contributed by atoms with Crippen LogP contribution in [0.2, 0.25) is 0 Å². The molecule has 0 saturated heterocycles. The maximum atomic E-state index is 12.2. The van der Waals surface area contributed by atoms with Gasteiger partial charge in [0.15, 0.2) is 11.5 Å². The molecule has 1 aliphatic heterocycles. The van der Waals surface area contributed by atoms with E-state index in [-0.39, 0.29) is 35.0 Å². The number of aliphatic hydroxyl groups is 1. The van der Waals surface area contributed by atoms with Crippen LogP contribution in [0.4, 0.5) is 0 Å². The summed E-state index contributed by atoms with van der Waals surface area (Å²) in [5, 5.41) is 38.5. The minimum Gasteiger partial charge on any atom is -0.508 e. The van der Waals surface area contributed by atoms with E-state index in [1.54, 1.807) is 0 Å². The summed E-state index contributed by atoms with van der Waals surface area (Å²) in [6.07, 6.45) is -0.199. The third-order valence-electron chi connectivity index (χ3n) is 3.33. The van der Waals surface area contributed by atoms with Crippen LogP contribution in [-0.4, -0.2) is 32.0 Å². The lowest BCUT2D eigenvalue weighted by atomic mass is 9.98. The molecule has 1 heterocycles. The van der Waals surface area contributed by atoms with E-state index in [0.717, 1.165) is 0 Å². The molecular weight excluding hydrogens is 276 g/mol. The second kappa shape index (κ2) is 4.39. The van der Waals surface area contributed by atoms with Crippen LogP contribution in [-0.2, 0) is 6.42 Å². The Balaban J connectivity index is 1.92. The summed E-state index contributed by atoms with van der Waals surface area (Å²) in [5.41, 5.74) is 0.594. The lowest BCUT2D eigenvalue weighted by Crippen LogP contribution is -2.42. The summed E-state index contributed by atoms with van der Waals surface area (Å²) in [6.45, 7) is 0. The van der Waals surface area contributed by atoms with Crippen molar-refractivity contribution in [2.24, 2.45) is 0 Å². The number of Topliss-reactive ketones (excluding diaryl/α,β-unsaturated/α-hetero) is 1. The van der Waals surface area contributed by atoms with E-state index in [0.29, 0.717) is 5.56 Å². The lowest BCUT2D eigenvalue weighted by molar-refractivity contribution is -0.0889. The molecule has 6 heteroatoms. The zero-order chi connectivity index (χ0) is 15.2. The standard InChI is InChI=1S/C15H12O6/c16-9-2-3-10-13(6-9)21-15(20,14(10)19)7-8-1-4-11(17)12(18)5-8/h1-6,16-18,20H,7H2. The van der Waals surface area contributed by atoms with Crippen LogP contribution in [0.15, 0.2) is 36.4 Å². The molecule has 3 rings (SSSR count). The average Bonchev–Trinajstić information content (AvgIpc) is 2.65. The van der Waals surface area contributed by atoms with Crippen molar-refractivity contribution in [2.75, 3.05) is 0 Å². The summed E-state index contributed by atoms with van der Waals surface area (Å²) < 4.78 is 5.26. The van der Waals surface area contributed by atoms with E-state index in [1.165, 1.54) is 36.4 Å². The summed E-state index contributed by atoms with van der Waals surface area (Å²) in [5.74, 6) is -3.34. The van der Waals surface area contributed by atoms with E-state index in [9.17, 15) is 25.2 Å². The fraction of sp³-hybridized carbons (Fsp3) is 0.133. The Morgan fingerprint density at radius 2 is 1.76 bits per heavy atom. The van der Waals surface area contributed by atoms with Gasteiger partial charge in [-0.1, -0.05) is 6.07 Å². The van der Waals surface area contributed by atoms with Gasteiger partial charge in [0, 0.05) is 12.5 Å². The Bertz CT molecular complexity index is 739. The van der Waals surface area contributed by atoms with Crippen LogP contribution in [0, 0.1) is 0 Å². The number of phenols is 3. The van der Waals surface area contributed by atoms with E-state index in [1.807, 2.05) is 0 Å². The Morgan fingerprint density at radius 1 is 1.00 bits per heavy atom. The number of benzene rings is 2. The number of phenolic OH excluding ortho intramolecular Hbond substituents is 3. The van der Waals surface area contributed by atoms with E-state index >= 15 is 0 Å². The van der Waals surface area contributed by atoms with Crippen molar-refractivity contribution in [3.63, 3.8) is 0 Å². The van der Waals surface area contributed by atoms with Gasteiger partial charge in [-0.2, -0.15) is 0 Å². The van der Waals surface area contributed by atoms with Gasteiger partial charge in [0.1, 0.15) is 11.5 Å². The number of hydrogen-bond acceptors (Lipinski definition) is 6. The second-order valence-electron chi connectivity index (χ2n) is 4.90. The smallest absolute Gasteiger partial charge is 0.276 e. The van der Waals surface area contributed by atoms with Gasteiger partial charge in [-0.3, -0.25) is 4.79 Å². The van der Waals surface area contributed by atoms with Crippen LogP contribution < -0.4 is 4.74 Å². The van der Waals surface area contributed by atoms with Gasteiger partial charge in [0.25, 0.3) is 5.79 Å². The molecule has 1 unspecified atom stereocenters. The van der Waals surface area contributed by atoms with Crippen molar-refractivity contribution in [2.45, 2.75) is 12.2 Å². The van der Waals surface area contributed by atoms with Crippen molar-refractivity contribution in [1.82, 2.24) is 0 Å². The predicted octanol–water partition coefficient (Wildman–Crippen LogP) is 1.31. The van der Waals surface area contributed by atoms with Gasteiger partial charge in [-0.25, -0.2) is 0 Å². The fourth-order valence-corrected chi connectivity index (χ4v) is 2.29. The Morgan fingerprint density at radius 3 is 2.48 bits per heavy atom. The molecule has 2 aromatic carbocycles. The molecule has 0 amide bonds. The van der Waals surface area contributed by atoms with Gasteiger partial charge in [-0.15, -0.1) is 0 Å². The molecule has 108 valence electrons. The van der Waals surface area contributed by atoms with Gasteiger partial charge in [0.2, 0.25) is 5.78 Å². The van der Waals surface area contributed by atoms with Gasteiger partial charge < -0.3 is 25.2 Å². The molecule has 0 saturated carbocycles. The first-order chi connectivity index (χ1) is 9.89. The van der Waals surface area contributed by atoms with Crippen molar-refractivity contribution in [1.29, 1.82) is 0 Å². The number of carbonyl (C=O) groups is 1. The second-order valence-corrected chi connectivity index (χ2v) is 4.90. The molecule has 0 fully saturated rings. The number of fused-ring (bicyclic) bond motifs is 1. The Labute approximate surface area is 119 Å². The van der Waals surface area contributed by atoms with E-state index in [4.69, 9.17) is 4.74 Å². The van der Waals surface area contributed by atoms with E-state index < -0.39 is 11.6 Å². The largest absolute Gasteiger partial charge is 0.508 e. The number of ether oxygens (including phenoxy) is 1. The van der Waals surface area contributed by atoms with Crippen molar-refractivity contribution in [3.8, 4) is 23.0 Å². The molecule has 1 atom stereocenters. The van der Waals surface area contributed by atoms with Gasteiger partial charge in [0.05, 0.1) is 5.56 Å². The zero-order valence-corrected chi connectivity index (χ0v) is 10.8. The number of rotatable bonds is 2. The Kier molecular flexibility index (Phi) is 2.77. The predicted molar refractivity (Wildman–Crippen MR) is 71.5 cm³/mol. The van der Waals surface area contributed by atoms with Crippen molar-refractivity contribution < 1.29 is 30.0 Å². The molecule has 0 bridgehead atoms. The monoisotopic (exact) mass is 288 g/mol. The third-order valence-corrected chi connectivity index (χ3v) is 3.33. The number of hydrogen-bond donors (Lipinski definition) is 4. The number of carbonyl (C=O) groups excluding carboxylic acids is 1. The van der Waals surface area contributed by atoms with Crippen molar-refractivity contribution in [3.05, 3.63) is 47.5 Å². The maximum Gasteiger partial charge on any atom is 0.276 e. The quantitative estimate of drug-likeness (QED) is 0.621. The normalized spacial score (nSPS) is 20.1. The van der Waals surface area contributed by atoms with Crippen LogP contribution in [0.1, 0.15) is 15.9 Å². The third kappa shape index (κ3) is 2.15. The lowest BCUT2D eigenvalue weighted by Gasteiger charge is -2.20. The average molecular weight is 288 g/mol. The molecule has 0 spiro atoms. The topological polar surface area (TPSA) is 107 Å². The first-order valence-electron chi connectivity index (χ1n) is 6.19. The highest BCUT2D eigenvalue weighted by Gasteiger charge is 2.46. The van der Waals surface area contributed by atoms with Crippen LogP contribution in [0.5, 0.6) is 23.0 Å². The molecular formula is C15H12O6. The molecule has 1 aliphatic rings. The molecule has 4 N–H and O–H groups in total. The number of aromatic hydroxyl groups is 3. The van der Waals surface area contributed by atoms with Gasteiger partial charge >= 0.3 is 0 Å². The van der Waals surface area contributed by atoms with Crippen molar-refractivity contribution >= 4 is 5.78 Å². The number of ketones is 1. The minimum absolute atomic E-state index is 0.0759. The molecule has 21 heavy (non-hydrogen) atoms. The molecule has 0 aromatic heterocycles. The summed E-state index contributed by atoms with van der Waals surface area (Å²) in [6, 6.07) is 7.91. The molecule has 2 aromatic rings. The minimum atomic E-state index is -2.10. The highest BCUT2D eigenvalue weighted by Crippen LogP contribution is 2.38. The summed E-state index contributed by atoms with van der Waals surface area (Å²) >= 11 is 0. The summed E-state index contributed by atoms with van der Waals surface area (Å²) in [4.78, 5) is 12.2. The highest BCUT2D eigenvalue weighted by atomic mass is 16.6. The van der Waals surface area contributed by atoms with Crippen LogP contribution in [0.3, 0.4) is 0 Å². The van der Waals surface area contributed by atoms with Gasteiger partial charge in [-0.05, 0) is 29.8 Å². The van der Waals surface area contributed by atoms with Crippen LogP contribution >= 0.6 is 0 Å². The van der Waals surface area contributed by atoms with Crippen LogP contribution in [0.25, 0.3) is 0 Å². The summed E-state index contributed by atoms with van der Waals surface area (Å²) in [7, 11) is 0. The first-order valence-corrected chi connectivity index (χ1v) is 6.19. The fourth-order valence-electron chi connectivity index (χ4n) is 2.29. The SMILES string of the molecule is O=C1c2ccc(O)cc2OC1(O)Cc1ccc(O)c(O)c1. The maximum absolute atomic E-state index is 12.2. The first kappa shape index (κ1) is 13.3. The van der Waals surface area contributed by atoms with E-state index in [2.05, 4.69) is 0 Å². The highest BCUT2D eigenvalue weighted by molar-refractivity contribution is 6.06. The molecule has 0 aliphatic carbocycles. The molecule has 6 nitrogen and oxygen atoms in total. The Hall–Kier alpha value is -2.73.